The van der Waals surface area contributed by atoms with E-state index in [-0.39, 0.29) is 11.4 Å². The summed E-state index contributed by atoms with van der Waals surface area (Å²) in [5.41, 5.74) is 2.62. The van der Waals surface area contributed by atoms with Crippen molar-refractivity contribution in [1.29, 1.82) is 0 Å². The van der Waals surface area contributed by atoms with Crippen LogP contribution >= 0.6 is 10.8 Å². The number of anilines is 1. The Kier molecular flexibility index (Phi) is 10.6. The molecule has 0 radical (unpaired) electrons. The summed E-state index contributed by atoms with van der Waals surface area (Å²) in [6.45, 7) is 12.2. The van der Waals surface area contributed by atoms with Crippen molar-refractivity contribution in [2.45, 2.75) is 91.0 Å². The molecule has 1 amide bonds. The molecule has 1 fully saturated rings. The monoisotopic (exact) mass is 599 g/mol. The minimum atomic E-state index is -2.97. The fraction of sp³-hybridized carbons (Fsp3) is 0.562. The standard InChI is InChI=1S/C32H49N5O4S/c1-6-36-28-19-25(20-29(26(28)21-34-36)37-16-11-17-42(37,40)41)31(39)35-27(18-24-13-8-7-9-14-24)30(38)22-33-32(4,5)15-10-12-23(2)3/h7-9,13-14,19-21,23,27,30,33,38,40-41H,6,10-12,15-18,22H2,1-5H3,(H,35,39)/t27-,30+/m0/s1. The largest absolute Gasteiger partial charge is 0.390 e. The molecule has 2 atom stereocenters. The maximum absolute atomic E-state index is 13.8. The summed E-state index contributed by atoms with van der Waals surface area (Å²) in [5, 5.41) is 23.3. The average Bonchev–Trinajstić information content (AvgIpc) is 3.53. The molecule has 10 heteroatoms. The number of amides is 1. The van der Waals surface area contributed by atoms with E-state index >= 15 is 0 Å². The Bertz CT molecular complexity index is 1330. The Morgan fingerprint density at radius 3 is 2.55 bits per heavy atom. The van der Waals surface area contributed by atoms with Crippen molar-refractivity contribution in [3.63, 3.8) is 0 Å². The van der Waals surface area contributed by atoms with Crippen LogP contribution in [0, 0.1) is 5.92 Å². The number of carbonyl (C=O) groups is 1. The third-order valence-electron chi connectivity index (χ3n) is 8.16. The molecule has 2 aromatic carbocycles. The van der Waals surface area contributed by atoms with E-state index in [0.29, 0.717) is 55.4 Å². The average molecular weight is 600 g/mol. The van der Waals surface area contributed by atoms with Gasteiger partial charge in [0.1, 0.15) is 0 Å². The van der Waals surface area contributed by atoms with E-state index in [2.05, 4.69) is 43.4 Å². The third kappa shape index (κ3) is 8.05. The zero-order valence-corrected chi connectivity index (χ0v) is 26.5. The van der Waals surface area contributed by atoms with Gasteiger partial charge in [-0.25, -0.2) is 0 Å². The van der Waals surface area contributed by atoms with E-state index in [9.17, 15) is 19.0 Å². The summed E-state index contributed by atoms with van der Waals surface area (Å²) in [6, 6.07) is 12.8. The Labute approximate surface area is 252 Å². The van der Waals surface area contributed by atoms with Crippen molar-refractivity contribution in [3.05, 3.63) is 59.8 Å². The first-order valence-corrected chi connectivity index (χ1v) is 16.9. The summed E-state index contributed by atoms with van der Waals surface area (Å²) in [7, 11) is -2.97. The van der Waals surface area contributed by atoms with Gasteiger partial charge in [-0.05, 0) is 63.6 Å². The summed E-state index contributed by atoms with van der Waals surface area (Å²) in [6.07, 6.45) is 5.30. The summed E-state index contributed by atoms with van der Waals surface area (Å²) in [5.74, 6) is 0.637. The predicted molar refractivity (Wildman–Crippen MR) is 173 cm³/mol. The van der Waals surface area contributed by atoms with E-state index in [4.69, 9.17) is 0 Å². The molecule has 1 aromatic heterocycles. The van der Waals surface area contributed by atoms with Crippen LogP contribution in [0.2, 0.25) is 0 Å². The molecule has 5 N–H and O–H groups in total. The second kappa shape index (κ2) is 13.8. The number of hydrogen-bond acceptors (Lipinski definition) is 7. The minimum Gasteiger partial charge on any atom is -0.390 e. The predicted octanol–water partition coefficient (Wildman–Crippen LogP) is 5.83. The Hall–Kier alpha value is -2.63. The maximum atomic E-state index is 13.8. The van der Waals surface area contributed by atoms with E-state index < -0.39 is 22.9 Å². The molecule has 0 aliphatic carbocycles. The van der Waals surface area contributed by atoms with Crippen LogP contribution in [0.4, 0.5) is 5.69 Å². The first-order valence-electron chi connectivity index (χ1n) is 15.2. The zero-order chi connectivity index (χ0) is 30.5. The Morgan fingerprint density at radius 2 is 1.90 bits per heavy atom. The zero-order valence-electron chi connectivity index (χ0n) is 25.7. The van der Waals surface area contributed by atoms with Crippen LogP contribution in [0.15, 0.2) is 48.7 Å². The molecule has 0 spiro atoms. The molecule has 42 heavy (non-hydrogen) atoms. The van der Waals surface area contributed by atoms with Crippen molar-refractivity contribution in [2.75, 3.05) is 23.1 Å². The smallest absolute Gasteiger partial charge is 0.251 e. The van der Waals surface area contributed by atoms with Crippen LogP contribution in [-0.2, 0) is 13.0 Å². The van der Waals surface area contributed by atoms with Gasteiger partial charge in [0.2, 0.25) is 0 Å². The number of aryl methyl sites for hydroxylation is 1. The van der Waals surface area contributed by atoms with Gasteiger partial charge in [-0.1, -0.05) is 57.0 Å². The molecular formula is C32H49N5O4S. The lowest BCUT2D eigenvalue weighted by Gasteiger charge is -2.38. The summed E-state index contributed by atoms with van der Waals surface area (Å²) in [4.78, 5) is 13.8. The quantitative estimate of drug-likeness (QED) is 0.158. The number of aliphatic hydroxyl groups excluding tert-OH is 1. The number of aromatic nitrogens is 2. The first-order chi connectivity index (χ1) is 19.9. The number of hydrogen-bond donors (Lipinski definition) is 5. The lowest BCUT2D eigenvalue weighted by molar-refractivity contribution is 0.0812. The highest BCUT2D eigenvalue weighted by atomic mass is 32.3. The van der Waals surface area contributed by atoms with Gasteiger partial charge in [0, 0.05) is 36.1 Å². The highest BCUT2D eigenvalue weighted by Gasteiger charge is 2.32. The molecule has 1 aliphatic rings. The van der Waals surface area contributed by atoms with E-state index in [1.165, 1.54) is 0 Å². The SMILES string of the molecule is CCn1ncc2c(N3CCCS3(O)O)cc(C(=O)N[C@@H](Cc3ccccc3)[C@H](O)CNC(C)(C)CCCC(C)C)cc21. The Morgan fingerprint density at radius 1 is 1.17 bits per heavy atom. The van der Waals surface area contributed by atoms with Gasteiger partial charge in [-0.3, -0.25) is 22.9 Å². The normalized spacial score (nSPS) is 17.5. The molecule has 3 aromatic rings. The van der Waals surface area contributed by atoms with Crippen molar-refractivity contribution in [2.24, 2.45) is 5.92 Å². The van der Waals surface area contributed by atoms with Crippen LogP contribution < -0.4 is 14.9 Å². The minimum absolute atomic E-state index is 0.144. The van der Waals surface area contributed by atoms with Gasteiger partial charge >= 0.3 is 0 Å². The van der Waals surface area contributed by atoms with Gasteiger partial charge in [0.15, 0.2) is 0 Å². The number of carbonyl (C=O) groups excluding carboxylic acids is 1. The summed E-state index contributed by atoms with van der Waals surface area (Å²) < 4.78 is 24.9. The molecule has 1 aliphatic heterocycles. The topological polar surface area (TPSA) is 123 Å². The number of aliphatic hydroxyl groups is 1. The van der Waals surface area contributed by atoms with Crippen molar-refractivity contribution in [1.82, 2.24) is 20.4 Å². The second-order valence-electron chi connectivity index (χ2n) is 12.6. The van der Waals surface area contributed by atoms with Crippen LogP contribution in [0.5, 0.6) is 0 Å². The molecule has 232 valence electrons. The molecule has 4 rings (SSSR count). The number of rotatable bonds is 14. The Balaban J connectivity index is 1.58. The number of β-amino-alcohol motifs (C(OH)–C–C–N with tert-alkyl or cyclic N) is 1. The highest BCUT2D eigenvalue weighted by Crippen LogP contribution is 2.52. The second-order valence-corrected chi connectivity index (χ2v) is 14.7. The van der Waals surface area contributed by atoms with Crippen molar-refractivity contribution >= 4 is 33.3 Å². The van der Waals surface area contributed by atoms with Crippen LogP contribution in [-0.4, -0.2) is 66.4 Å². The highest BCUT2D eigenvalue weighted by molar-refractivity contribution is 8.25. The van der Waals surface area contributed by atoms with Crippen molar-refractivity contribution in [3.8, 4) is 0 Å². The van der Waals surface area contributed by atoms with Gasteiger partial charge in [-0.2, -0.15) is 5.10 Å². The van der Waals surface area contributed by atoms with Gasteiger partial charge in [-0.15, -0.1) is 10.8 Å². The lowest BCUT2D eigenvalue weighted by Crippen LogP contribution is -2.52. The van der Waals surface area contributed by atoms with Gasteiger partial charge in [0.25, 0.3) is 5.91 Å². The number of benzene rings is 2. The third-order valence-corrected chi connectivity index (χ3v) is 10.1. The fourth-order valence-corrected chi connectivity index (χ4v) is 7.28. The van der Waals surface area contributed by atoms with Crippen LogP contribution in [0.25, 0.3) is 10.9 Å². The van der Waals surface area contributed by atoms with E-state index in [0.717, 1.165) is 35.7 Å². The molecule has 9 nitrogen and oxygen atoms in total. The molecular weight excluding hydrogens is 550 g/mol. The van der Waals surface area contributed by atoms with E-state index in [1.54, 1.807) is 27.3 Å². The van der Waals surface area contributed by atoms with Gasteiger partial charge in [0.05, 0.1) is 35.3 Å². The van der Waals surface area contributed by atoms with Crippen LogP contribution in [0.3, 0.4) is 0 Å². The molecule has 0 unspecified atom stereocenters. The molecule has 2 heterocycles. The fourth-order valence-electron chi connectivity index (χ4n) is 5.65. The first kappa shape index (κ1) is 32.3. The molecule has 0 bridgehead atoms. The van der Waals surface area contributed by atoms with Crippen molar-refractivity contribution < 1.29 is 19.0 Å². The lowest BCUT2D eigenvalue weighted by atomic mass is 9.93. The maximum Gasteiger partial charge on any atom is 0.251 e. The summed E-state index contributed by atoms with van der Waals surface area (Å²) >= 11 is 0. The number of nitrogens with zero attached hydrogens (tertiary/aromatic N) is 3. The van der Waals surface area contributed by atoms with Crippen LogP contribution in [0.1, 0.15) is 76.2 Å². The van der Waals surface area contributed by atoms with Gasteiger partial charge < -0.3 is 15.7 Å². The molecule has 1 saturated heterocycles. The number of fused-ring (bicyclic) bond motifs is 1. The molecule has 0 saturated carbocycles. The van der Waals surface area contributed by atoms with E-state index in [1.807, 2.05) is 37.3 Å². The number of nitrogens with one attached hydrogen (secondary N) is 2.